The third-order valence-electron chi connectivity index (χ3n) is 2.72. The molecule has 0 aliphatic carbocycles. The summed E-state index contributed by atoms with van der Waals surface area (Å²) < 4.78 is 14.6. The normalized spacial score (nSPS) is 12.2. The summed E-state index contributed by atoms with van der Waals surface area (Å²) in [5, 5.41) is 9.12. The second-order valence-electron chi connectivity index (χ2n) is 4.42. The molecule has 0 saturated carbocycles. The number of carbonyl (C=O) groups excluding carboxylic acids is 2. The smallest absolute Gasteiger partial charge is 0.349 e. The van der Waals surface area contributed by atoms with Crippen molar-refractivity contribution < 1.29 is 23.8 Å². The highest BCUT2D eigenvalue weighted by Crippen LogP contribution is 2.15. The molecule has 1 atom stereocenters. The highest BCUT2D eigenvalue weighted by atomic mass is 16.6. The average Bonchev–Trinajstić information content (AvgIpc) is 2.52. The number of nitrogens with zero attached hydrogens (tertiary/aromatic N) is 1. The molecule has 0 radical (unpaired) electrons. The number of hydrogen-bond donors (Lipinski definition) is 0. The minimum absolute atomic E-state index is 0.209. The number of nitriles is 1. The maximum atomic E-state index is 11.9. The molecule has 116 valence electrons. The van der Waals surface area contributed by atoms with Gasteiger partial charge in [-0.05, 0) is 24.6 Å². The van der Waals surface area contributed by atoms with Crippen LogP contribution in [-0.4, -0.2) is 38.9 Å². The van der Waals surface area contributed by atoms with Gasteiger partial charge in [0.05, 0.1) is 19.3 Å². The average molecular weight is 303 g/mol. The summed E-state index contributed by atoms with van der Waals surface area (Å²) in [5.41, 5.74) is 0.456. The Morgan fingerprint density at radius 1 is 1.32 bits per heavy atom. The Hall–Kier alpha value is -2.65. The van der Waals surface area contributed by atoms with E-state index >= 15 is 0 Å². The molecule has 1 rings (SSSR count). The number of benzene rings is 1. The molecule has 0 saturated heterocycles. The summed E-state index contributed by atoms with van der Waals surface area (Å²) in [6, 6.07) is 8.28. The van der Waals surface area contributed by atoms with E-state index in [9.17, 15) is 9.59 Å². The number of hydrogen-bond acceptors (Lipinski definition) is 6. The lowest BCUT2D eigenvalue weighted by molar-refractivity contribution is -0.145. The number of carbonyl (C=O) groups is 2. The summed E-state index contributed by atoms with van der Waals surface area (Å²) in [4.78, 5) is 23.6. The van der Waals surface area contributed by atoms with E-state index in [0.717, 1.165) is 0 Å². The summed E-state index contributed by atoms with van der Waals surface area (Å²) in [7, 11) is 2.74. The van der Waals surface area contributed by atoms with Crippen LogP contribution in [0.3, 0.4) is 0 Å². The van der Waals surface area contributed by atoms with Crippen molar-refractivity contribution in [2.75, 3.05) is 20.8 Å². The lowest BCUT2D eigenvalue weighted by Crippen LogP contribution is -2.20. The summed E-state index contributed by atoms with van der Waals surface area (Å²) in [6.45, 7) is 1.88. The van der Waals surface area contributed by atoms with Gasteiger partial charge in [0, 0.05) is 7.11 Å². The molecular formula is C16H17NO5. The Morgan fingerprint density at radius 2 is 2.00 bits per heavy atom. The van der Waals surface area contributed by atoms with Crippen LogP contribution < -0.4 is 0 Å². The van der Waals surface area contributed by atoms with Crippen molar-refractivity contribution in [1.82, 2.24) is 0 Å². The number of rotatable bonds is 6. The maximum Gasteiger partial charge on any atom is 0.349 e. The molecule has 0 unspecified atom stereocenters. The number of esters is 2. The van der Waals surface area contributed by atoms with E-state index in [0.29, 0.717) is 5.56 Å². The Morgan fingerprint density at radius 3 is 2.59 bits per heavy atom. The third-order valence-corrected chi connectivity index (χ3v) is 2.72. The van der Waals surface area contributed by atoms with Crippen molar-refractivity contribution in [3.63, 3.8) is 0 Å². The standard InChI is InChI=1S/C16H17NO5/c1-11(10-20-2)22-15(18)13(9-17)8-12-6-4-5-7-14(12)16(19)21-3/h4-8,11H,10H2,1-3H3/b13-8+/t11-/m1/s1. The largest absolute Gasteiger partial charge is 0.465 e. The molecule has 0 heterocycles. The molecule has 0 aliphatic rings. The lowest BCUT2D eigenvalue weighted by atomic mass is 10.0. The SMILES string of the molecule is COC[C@@H](C)OC(=O)/C(C#N)=C/c1ccccc1C(=O)OC. The highest BCUT2D eigenvalue weighted by Gasteiger charge is 2.17. The van der Waals surface area contributed by atoms with Crippen LogP contribution in [0.2, 0.25) is 0 Å². The molecule has 0 N–H and O–H groups in total. The minimum Gasteiger partial charge on any atom is -0.465 e. The van der Waals surface area contributed by atoms with Crippen LogP contribution in [0, 0.1) is 11.3 Å². The Balaban J connectivity index is 3.06. The minimum atomic E-state index is -0.772. The van der Waals surface area contributed by atoms with Gasteiger partial charge in [-0.3, -0.25) is 0 Å². The first-order chi connectivity index (χ1) is 10.5. The molecule has 6 heteroatoms. The van der Waals surface area contributed by atoms with E-state index < -0.39 is 18.0 Å². The van der Waals surface area contributed by atoms with Gasteiger partial charge in [-0.15, -0.1) is 0 Å². The first kappa shape index (κ1) is 17.4. The maximum absolute atomic E-state index is 11.9. The van der Waals surface area contributed by atoms with Crippen molar-refractivity contribution in [3.05, 3.63) is 41.0 Å². The van der Waals surface area contributed by atoms with Crippen LogP contribution in [0.1, 0.15) is 22.8 Å². The quantitative estimate of drug-likeness (QED) is 0.453. The van der Waals surface area contributed by atoms with Gasteiger partial charge < -0.3 is 14.2 Å². The molecular weight excluding hydrogens is 286 g/mol. The molecule has 0 spiro atoms. The van der Waals surface area contributed by atoms with E-state index in [2.05, 4.69) is 4.74 Å². The summed E-state index contributed by atoms with van der Waals surface area (Å²) >= 11 is 0. The van der Waals surface area contributed by atoms with Crippen molar-refractivity contribution >= 4 is 18.0 Å². The molecule has 0 fully saturated rings. The zero-order valence-electron chi connectivity index (χ0n) is 12.7. The number of ether oxygens (including phenoxy) is 3. The molecule has 0 aliphatic heterocycles. The Labute approximate surface area is 128 Å². The van der Waals surface area contributed by atoms with E-state index in [1.54, 1.807) is 37.3 Å². The zero-order chi connectivity index (χ0) is 16.5. The Kier molecular flexibility index (Phi) is 6.80. The zero-order valence-corrected chi connectivity index (χ0v) is 12.7. The molecule has 6 nitrogen and oxygen atoms in total. The summed E-state index contributed by atoms with van der Waals surface area (Å²) in [5.74, 6) is -1.32. The molecule has 0 amide bonds. The second kappa shape index (κ2) is 8.60. The third kappa shape index (κ3) is 4.72. The second-order valence-corrected chi connectivity index (χ2v) is 4.42. The molecule has 1 aromatic rings. The van der Waals surface area contributed by atoms with Crippen molar-refractivity contribution in [1.29, 1.82) is 5.26 Å². The van der Waals surface area contributed by atoms with E-state index in [4.69, 9.17) is 14.7 Å². The van der Waals surface area contributed by atoms with Gasteiger partial charge in [0.1, 0.15) is 17.7 Å². The van der Waals surface area contributed by atoms with Crippen LogP contribution >= 0.6 is 0 Å². The van der Waals surface area contributed by atoms with Gasteiger partial charge in [-0.1, -0.05) is 18.2 Å². The Bertz CT molecular complexity index is 615. The summed E-state index contributed by atoms with van der Waals surface area (Å²) in [6.07, 6.45) is 0.818. The predicted octanol–water partition coefficient (Wildman–Crippen LogP) is 1.96. The molecule has 0 bridgehead atoms. The van der Waals surface area contributed by atoms with E-state index in [1.165, 1.54) is 20.3 Å². The van der Waals surface area contributed by atoms with Crippen LogP contribution in [0.25, 0.3) is 6.08 Å². The first-order valence-electron chi connectivity index (χ1n) is 6.52. The van der Waals surface area contributed by atoms with Crippen LogP contribution in [-0.2, 0) is 19.0 Å². The van der Waals surface area contributed by atoms with Crippen molar-refractivity contribution in [2.24, 2.45) is 0 Å². The fraction of sp³-hybridized carbons (Fsp3) is 0.312. The molecule has 1 aromatic carbocycles. The van der Waals surface area contributed by atoms with Crippen LogP contribution in [0.4, 0.5) is 0 Å². The monoisotopic (exact) mass is 303 g/mol. The van der Waals surface area contributed by atoms with Gasteiger partial charge in [0.2, 0.25) is 0 Å². The molecule has 22 heavy (non-hydrogen) atoms. The van der Waals surface area contributed by atoms with Gasteiger partial charge in [-0.2, -0.15) is 5.26 Å². The first-order valence-corrected chi connectivity index (χ1v) is 6.52. The lowest BCUT2D eigenvalue weighted by Gasteiger charge is -2.11. The fourth-order valence-electron chi connectivity index (χ4n) is 1.73. The van der Waals surface area contributed by atoms with Gasteiger partial charge >= 0.3 is 11.9 Å². The van der Waals surface area contributed by atoms with Crippen molar-refractivity contribution in [3.8, 4) is 6.07 Å². The highest BCUT2D eigenvalue weighted by molar-refractivity contribution is 6.01. The van der Waals surface area contributed by atoms with Crippen LogP contribution in [0.5, 0.6) is 0 Å². The van der Waals surface area contributed by atoms with E-state index in [-0.39, 0.29) is 17.7 Å². The topological polar surface area (TPSA) is 85.6 Å². The van der Waals surface area contributed by atoms with Gasteiger partial charge in [0.15, 0.2) is 0 Å². The van der Waals surface area contributed by atoms with Gasteiger partial charge in [0.25, 0.3) is 0 Å². The van der Waals surface area contributed by atoms with Crippen molar-refractivity contribution in [2.45, 2.75) is 13.0 Å². The molecule has 0 aromatic heterocycles. The van der Waals surface area contributed by atoms with E-state index in [1.807, 2.05) is 0 Å². The fourth-order valence-corrected chi connectivity index (χ4v) is 1.73. The predicted molar refractivity (Wildman–Crippen MR) is 78.8 cm³/mol. The van der Waals surface area contributed by atoms with Crippen LogP contribution in [0.15, 0.2) is 29.8 Å². The van der Waals surface area contributed by atoms with Gasteiger partial charge in [-0.25, -0.2) is 9.59 Å². The number of methoxy groups -OCH3 is 2.